The molecule has 2 aromatic rings. The van der Waals surface area contributed by atoms with Gasteiger partial charge < -0.3 is 24.1 Å². The molecule has 0 bridgehead atoms. The van der Waals surface area contributed by atoms with Crippen LogP contribution in [-0.4, -0.2) is 66.6 Å². The van der Waals surface area contributed by atoms with Crippen LogP contribution in [0.1, 0.15) is 17.6 Å². The molecule has 1 fully saturated rings. The Labute approximate surface area is 149 Å². The van der Waals surface area contributed by atoms with Gasteiger partial charge in [0.25, 0.3) is 11.8 Å². The lowest BCUT2D eigenvalue weighted by Crippen LogP contribution is -2.44. The number of ether oxygens (including phenoxy) is 2. The van der Waals surface area contributed by atoms with Gasteiger partial charge in [-0.2, -0.15) is 0 Å². The number of rotatable bonds is 5. The van der Waals surface area contributed by atoms with E-state index < -0.39 is 24.5 Å². The third-order valence-electron chi connectivity index (χ3n) is 3.92. The minimum Gasteiger partial charge on any atom is -0.439 e. The van der Waals surface area contributed by atoms with Gasteiger partial charge in [0.05, 0.1) is 19.3 Å². The van der Waals surface area contributed by atoms with Gasteiger partial charge in [-0.15, -0.1) is 0 Å². The molecule has 26 heavy (non-hydrogen) atoms. The minimum absolute atomic E-state index is 0.0941. The molecule has 0 saturated carbocycles. The molecular weight excluding hydrogens is 342 g/mol. The minimum atomic E-state index is -0.908. The Bertz CT molecular complexity index is 779. The highest BCUT2D eigenvalue weighted by molar-refractivity contribution is 5.99. The van der Waals surface area contributed by atoms with Crippen molar-refractivity contribution < 1.29 is 28.3 Å². The molecule has 1 aromatic carbocycles. The van der Waals surface area contributed by atoms with Gasteiger partial charge in [0.15, 0.2) is 12.2 Å². The van der Waals surface area contributed by atoms with Gasteiger partial charge in [-0.05, 0) is 19.1 Å². The number of aromatic nitrogens is 1. The summed E-state index contributed by atoms with van der Waals surface area (Å²) in [4.78, 5) is 41.7. The highest BCUT2D eigenvalue weighted by Gasteiger charge is 2.24. The van der Waals surface area contributed by atoms with E-state index in [9.17, 15) is 14.4 Å². The van der Waals surface area contributed by atoms with Crippen molar-refractivity contribution in [3.05, 3.63) is 30.2 Å². The topological polar surface area (TPSA) is 111 Å². The lowest BCUT2D eigenvalue weighted by molar-refractivity contribution is -0.138. The van der Waals surface area contributed by atoms with Crippen LogP contribution in [0.25, 0.3) is 11.1 Å². The third kappa shape index (κ3) is 4.17. The Kier molecular flexibility index (Phi) is 5.47. The second-order valence-corrected chi connectivity index (χ2v) is 5.79. The Morgan fingerprint density at radius 1 is 1.27 bits per heavy atom. The van der Waals surface area contributed by atoms with Crippen molar-refractivity contribution in [2.24, 2.45) is 0 Å². The second kappa shape index (κ2) is 7.96. The lowest BCUT2D eigenvalue weighted by atomic mass is 10.2. The van der Waals surface area contributed by atoms with Gasteiger partial charge in [-0.25, -0.2) is 9.78 Å². The van der Waals surface area contributed by atoms with Gasteiger partial charge >= 0.3 is 6.09 Å². The molecule has 1 atom stereocenters. The zero-order valence-corrected chi connectivity index (χ0v) is 14.3. The molecule has 1 unspecified atom stereocenters. The van der Waals surface area contributed by atoms with E-state index >= 15 is 0 Å². The Morgan fingerprint density at radius 2 is 2.00 bits per heavy atom. The predicted octanol–water partition coefficient (Wildman–Crippen LogP) is 0.984. The summed E-state index contributed by atoms with van der Waals surface area (Å²) in [6.07, 6.45) is -0.858. The molecule has 1 saturated heterocycles. The number of nitrogens with zero attached hydrogens (tertiary/aromatic N) is 2. The zero-order chi connectivity index (χ0) is 18.5. The van der Waals surface area contributed by atoms with E-state index in [0.29, 0.717) is 37.4 Å². The second-order valence-electron chi connectivity index (χ2n) is 5.79. The number of hydrogen-bond donors (Lipinski definition) is 1. The molecule has 0 radical (unpaired) electrons. The smallest absolute Gasteiger partial charge is 0.408 e. The fourth-order valence-electron chi connectivity index (χ4n) is 2.48. The van der Waals surface area contributed by atoms with Crippen molar-refractivity contribution in [1.29, 1.82) is 0 Å². The maximum absolute atomic E-state index is 12.3. The standard InChI is InChI=1S/C17H19N3O6/c1-11(15(22)16-19-12-4-2-3-5-13(12)26-16)18-17(23)25-10-14(21)20-6-8-24-9-7-20/h2-5,11H,6-10H2,1H3,(H,18,23). The maximum atomic E-state index is 12.3. The predicted molar refractivity (Wildman–Crippen MR) is 89.7 cm³/mol. The van der Waals surface area contributed by atoms with Crippen LogP contribution >= 0.6 is 0 Å². The molecule has 1 aliphatic heterocycles. The average Bonchev–Trinajstić information content (AvgIpc) is 3.10. The van der Waals surface area contributed by atoms with E-state index in [1.807, 2.05) is 0 Å². The summed E-state index contributed by atoms with van der Waals surface area (Å²) >= 11 is 0. The van der Waals surface area contributed by atoms with Gasteiger partial charge in [0.2, 0.25) is 5.78 Å². The molecule has 138 valence electrons. The lowest BCUT2D eigenvalue weighted by Gasteiger charge is -2.26. The summed E-state index contributed by atoms with van der Waals surface area (Å²) in [5, 5.41) is 2.37. The summed E-state index contributed by atoms with van der Waals surface area (Å²) in [6, 6.07) is 6.06. The van der Waals surface area contributed by atoms with Crippen molar-refractivity contribution in [2.75, 3.05) is 32.9 Å². The van der Waals surface area contributed by atoms with Crippen LogP contribution in [0.15, 0.2) is 28.7 Å². The van der Waals surface area contributed by atoms with Crippen LogP contribution in [-0.2, 0) is 14.3 Å². The van der Waals surface area contributed by atoms with Crippen molar-refractivity contribution in [3.8, 4) is 0 Å². The molecule has 2 amide bonds. The van der Waals surface area contributed by atoms with E-state index in [1.165, 1.54) is 6.92 Å². The van der Waals surface area contributed by atoms with Crippen molar-refractivity contribution in [1.82, 2.24) is 15.2 Å². The fraction of sp³-hybridized carbons (Fsp3) is 0.412. The summed E-state index contributed by atoms with van der Waals surface area (Å²) in [5.74, 6) is -0.887. The van der Waals surface area contributed by atoms with Crippen molar-refractivity contribution >= 4 is 28.9 Å². The van der Waals surface area contributed by atoms with E-state index in [0.717, 1.165) is 0 Å². The van der Waals surface area contributed by atoms with Crippen LogP contribution in [0.5, 0.6) is 0 Å². The number of Topliss-reactive ketones (excluding diaryl/α,β-unsaturated/α-hetero) is 1. The third-order valence-corrected chi connectivity index (χ3v) is 3.92. The molecule has 0 spiro atoms. The first-order valence-corrected chi connectivity index (χ1v) is 8.23. The van der Waals surface area contributed by atoms with Gasteiger partial charge in [0, 0.05) is 13.1 Å². The normalized spacial score (nSPS) is 15.5. The number of para-hydroxylation sites is 2. The van der Waals surface area contributed by atoms with E-state index in [1.54, 1.807) is 29.2 Å². The molecule has 9 nitrogen and oxygen atoms in total. The van der Waals surface area contributed by atoms with Gasteiger partial charge in [0.1, 0.15) is 5.52 Å². The first-order chi connectivity index (χ1) is 12.5. The van der Waals surface area contributed by atoms with E-state index in [4.69, 9.17) is 13.9 Å². The maximum Gasteiger partial charge on any atom is 0.408 e. The molecule has 2 heterocycles. The zero-order valence-electron chi connectivity index (χ0n) is 14.3. The summed E-state index contributed by atoms with van der Waals surface area (Å²) in [6.45, 7) is 2.96. The Hall–Kier alpha value is -2.94. The van der Waals surface area contributed by atoms with Gasteiger partial charge in [-0.3, -0.25) is 9.59 Å². The van der Waals surface area contributed by atoms with Gasteiger partial charge in [-0.1, -0.05) is 12.1 Å². The number of benzene rings is 1. The molecule has 1 N–H and O–H groups in total. The first-order valence-electron chi connectivity index (χ1n) is 8.23. The largest absolute Gasteiger partial charge is 0.439 e. The number of hydrogen-bond acceptors (Lipinski definition) is 7. The SMILES string of the molecule is CC(NC(=O)OCC(=O)N1CCOCC1)C(=O)c1nc2ccccc2o1. The first kappa shape index (κ1) is 17.9. The van der Waals surface area contributed by atoms with Crippen LogP contribution in [0.4, 0.5) is 4.79 Å². The van der Waals surface area contributed by atoms with Crippen molar-refractivity contribution in [2.45, 2.75) is 13.0 Å². The number of amides is 2. The molecule has 0 aliphatic carbocycles. The van der Waals surface area contributed by atoms with Crippen LogP contribution in [0.2, 0.25) is 0 Å². The monoisotopic (exact) mass is 361 g/mol. The Balaban J connectivity index is 1.50. The van der Waals surface area contributed by atoms with Crippen LogP contribution < -0.4 is 5.32 Å². The fourth-order valence-corrected chi connectivity index (χ4v) is 2.48. The summed E-state index contributed by atoms with van der Waals surface area (Å²) in [5.41, 5.74) is 1.04. The quantitative estimate of drug-likeness (QED) is 0.790. The molecule has 9 heteroatoms. The molecule has 3 rings (SSSR count). The highest BCUT2D eigenvalue weighted by atomic mass is 16.6. The highest BCUT2D eigenvalue weighted by Crippen LogP contribution is 2.15. The number of ketones is 1. The number of fused-ring (bicyclic) bond motifs is 1. The Morgan fingerprint density at radius 3 is 2.73 bits per heavy atom. The number of morpholine rings is 1. The molecule has 1 aliphatic rings. The number of nitrogens with one attached hydrogen (secondary N) is 1. The average molecular weight is 361 g/mol. The number of alkyl carbamates (subject to hydrolysis) is 1. The van der Waals surface area contributed by atoms with E-state index in [-0.39, 0.29) is 11.8 Å². The molecular formula is C17H19N3O6. The number of carbonyl (C=O) groups is 3. The van der Waals surface area contributed by atoms with Crippen LogP contribution in [0.3, 0.4) is 0 Å². The summed E-state index contributed by atoms with van der Waals surface area (Å²) < 4.78 is 15.4. The van der Waals surface area contributed by atoms with Crippen LogP contribution in [0, 0.1) is 0 Å². The number of carbonyl (C=O) groups excluding carboxylic acids is 3. The van der Waals surface area contributed by atoms with E-state index in [2.05, 4.69) is 10.3 Å². The molecule has 1 aromatic heterocycles. The van der Waals surface area contributed by atoms with Crippen molar-refractivity contribution in [3.63, 3.8) is 0 Å². The summed E-state index contributed by atoms with van der Waals surface area (Å²) in [7, 11) is 0. The number of oxazole rings is 1.